The quantitative estimate of drug-likeness (QED) is 0.439. The van der Waals surface area contributed by atoms with E-state index in [1.165, 1.54) is 11.3 Å². The predicted molar refractivity (Wildman–Crippen MR) is 132 cm³/mol. The number of fused-ring (bicyclic) bond motifs is 1. The van der Waals surface area contributed by atoms with Crippen LogP contribution in [0.1, 0.15) is 57.6 Å². The summed E-state index contributed by atoms with van der Waals surface area (Å²) in [5.74, 6) is 1.84. The van der Waals surface area contributed by atoms with Gasteiger partial charge in [-0.05, 0) is 56.4 Å². The summed E-state index contributed by atoms with van der Waals surface area (Å²) < 4.78 is 16.4. The highest BCUT2D eigenvalue weighted by molar-refractivity contribution is 5.87. The summed E-state index contributed by atoms with van der Waals surface area (Å²) >= 11 is 0. The minimum atomic E-state index is -0.363. The monoisotopic (exact) mass is 453 g/mol. The minimum absolute atomic E-state index is 0.0818. The fourth-order valence-electron chi connectivity index (χ4n) is 4.54. The van der Waals surface area contributed by atoms with E-state index >= 15 is 0 Å². The number of carbonyl (C=O) groups excluding carboxylic acids is 1. The molecule has 0 bridgehead atoms. The van der Waals surface area contributed by atoms with Crippen LogP contribution >= 0.6 is 0 Å². The van der Waals surface area contributed by atoms with Gasteiger partial charge in [-0.3, -0.25) is 4.79 Å². The van der Waals surface area contributed by atoms with E-state index in [1.807, 2.05) is 12.1 Å². The van der Waals surface area contributed by atoms with Crippen molar-refractivity contribution in [3.8, 4) is 17.2 Å². The van der Waals surface area contributed by atoms with Gasteiger partial charge in [-0.2, -0.15) is 5.10 Å². The van der Waals surface area contributed by atoms with Gasteiger partial charge in [-0.1, -0.05) is 26.0 Å². The third kappa shape index (κ3) is 5.59. The average Bonchev–Trinajstić information content (AvgIpc) is 2.80. The molecule has 1 heterocycles. The molecule has 0 saturated heterocycles. The number of hydrogen-bond acceptors (Lipinski definition) is 6. The maximum atomic E-state index is 12.2. The van der Waals surface area contributed by atoms with E-state index in [4.69, 9.17) is 14.2 Å². The van der Waals surface area contributed by atoms with Gasteiger partial charge >= 0.3 is 0 Å². The first-order valence-corrected chi connectivity index (χ1v) is 11.4. The summed E-state index contributed by atoms with van der Waals surface area (Å²) in [4.78, 5) is 14.7. The Morgan fingerprint density at radius 2 is 1.88 bits per heavy atom. The number of hydrazone groups is 1. The van der Waals surface area contributed by atoms with Gasteiger partial charge in [-0.15, -0.1) is 0 Å². The van der Waals surface area contributed by atoms with Crippen molar-refractivity contribution in [3.63, 3.8) is 0 Å². The first-order chi connectivity index (χ1) is 15.8. The van der Waals surface area contributed by atoms with Crippen molar-refractivity contribution in [1.29, 1.82) is 0 Å². The second kappa shape index (κ2) is 10.6. The fraction of sp³-hybridized carbons (Fsp3) is 0.462. The molecule has 0 saturated carbocycles. The number of ether oxygens (including phenoxy) is 3. The molecule has 178 valence electrons. The van der Waals surface area contributed by atoms with Crippen LogP contribution in [0.25, 0.3) is 0 Å². The zero-order chi connectivity index (χ0) is 24.0. The van der Waals surface area contributed by atoms with Crippen molar-refractivity contribution in [3.05, 3.63) is 47.5 Å². The summed E-state index contributed by atoms with van der Waals surface area (Å²) in [5.41, 5.74) is 5.91. The fourth-order valence-corrected chi connectivity index (χ4v) is 4.54. The van der Waals surface area contributed by atoms with E-state index in [0.29, 0.717) is 17.4 Å². The van der Waals surface area contributed by atoms with Crippen molar-refractivity contribution in [2.24, 2.45) is 5.10 Å². The molecule has 7 heteroatoms. The Kier molecular flexibility index (Phi) is 7.84. The highest BCUT2D eigenvalue weighted by atomic mass is 16.5. The van der Waals surface area contributed by atoms with E-state index in [1.54, 1.807) is 32.6 Å². The molecule has 0 radical (unpaired) electrons. The number of hydrogen-bond donors (Lipinski definition) is 1. The van der Waals surface area contributed by atoms with Crippen molar-refractivity contribution in [2.75, 3.05) is 32.3 Å². The maximum absolute atomic E-state index is 12.2. The number of carbonyl (C=O) groups is 1. The summed E-state index contributed by atoms with van der Waals surface area (Å²) in [6.07, 6.45) is 3.77. The van der Waals surface area contributed by atoms with E-state index < -0.39 is 0 Å². The van der Waals surface area contributed by atoms with E-state index in [9.17, 15) is 4.79 Å². The summed E-state index contributed by atoms with van der Waals surface area (Å²) in [7, 11) is 3.21. The molecule has 1 N–H and O–H groups in total. The Morgan fingerprint density at radius 1 is 1.18 bits per heavy atom. The van der Waals surface area contributed by atoms with E-state index in [-0.39, 0.29) is 18.1 Å². The molecule has 1 aliphatic heterocycles. The Morgan fingerprint density at radius 3 is 2.55 bits per heavy atom. The number of amides is 1. The van der Waals surface area contributed by atoms with Crippen LogP contribution in [-0.2, 0) is 4.79 Å². The number of anilines is 1. The summed E-state index contributed by atoms with van der Waals surface area (Å²) in [6, 6.07) is 11.4. The number of nitrogens with one attached hydrogen (secondary N) is 1. The van der Waals surface area contributed by atoms with Gasteiger partial charge < -0.3 is 19.1 Å². The van der Waals surface area contributed by atoms with Crippen LogP contribution in [0.2, 0.25) is 0 Å². The van der Waals surface area contributed by atoms with Gasteiger partial charge in [0.2, 0.25) is 0 Å². The zero-order valence-corrected chi connectivity index (χ0v) is 20.5. The third-order valence-electron chi connectivity index (χ3n) is 6.01. The molecule has 0 aliphatic carbocycles. The van der Waals surface area contributed by atoms with Crippen molar-refractivity contribution in [2.45, 2.75) is 52.0 Å². The standard InChI is InChI=1S/C26H35N3O4/c1-7-12-29-21-14-24(32-6)19(13-20(21)18(2)15-26(29,3)4)16-27-28-25(30)17-33-23-11-9-8-10-22(23)31-5/h8-11,13-14,16,18H,7,12,15,17H2,1-6H3,(H,28,30)/b27-16+. The third-order valence-corrected chi connectivity index (χ3v) is 6.01. The smallest absolute Gasteiger partial charge is 0.277 e. The molecule has 1 atom stereocenters. The van der Waals surface area contributed by atoms with Crippen LogP contribution in [0, 0.1) is 0 Å². The number of methoxy groups -OCH3 is 2. The Labute approximate surface area is 196 Å². The molecule has 2 aromatic rings. The van der Waals surface area contributed by atoms with Gasteiger partial charge in [0, 0.05) is 29.4 Å². The van der Waals surface area contributed by atoms with E-state index in [0.717, 1.165) is 30.7 Å². The largest absolute Gasteiger partial charge is 0.496 e. The molecule has 1 aliphatic rings. The molecular formula is C26H35N3O4. The van der Waals surface area contributed by atoms with Crippen molar-refractivity contribution >= 4 is 17.8 Å². The molecule has 0 spiro atoms. The highest BCUT2D eigenvalue weighted by Gasteiger charge is 2.36. The lowest BCUT2D eigenvalue weighted by Crippen LogP contribution is -2.48. The van der Waals surface area contributed by atoms with Crippen LogP contribution in [0.5, 0.6) is 17.2 Å². The molecule has 3 rings (SSSR count). The lowest BCUT2D eigenvalue weighted by atomic mass is 9.79. The lowest BCUT2D eigenvalue weighted by molar-refractivity contribution is -0.123. The van der Waals surface area contributed by atoms with Crippen LogP contribution in [0.4, 0.5) is 5.69 Å². The van der Waals surface area contributed by atoms with Gasteiger partial charge in [0.15, 0.2) is 18.1 Å². The second-order valence-electron chi connectivity index (χ2n) is 8.95. The predicted octanol–water partition coefficient (Wildman–Crippen LogP) is 4.74. The molecule has 1 unspecified atom stereocenters. The Bertz CT molecular complexity index is 1000. The summed E-state index contributed by atoms with van der Waals surface area (Å²) in [5, 5.41) is 4.13. The lowest BCUT2D eigenvalue weighted by Gasteiger charge is -2.47. The minimum Gasteiger partial charge on any atom is -0.496 e. The number of benzene rings is 2. The molecule has 2 aromatic carbocycles. The van der Waals surface area contributed by atoms with Gasteiger partial charge in [0.1, 0.15) is 5.75 Å². The molecule has 0 fully saturated rings. The van der Waals surface area contributed by atoms with Crippen molar-refractivity contribution < 1.29 is 19.0 Å². The van der Waals surface area contributed by atoms with Gasteiger partial charge in [0.05, 0.1) is 20.4 Å². The highest BCUT2D eigenvalue weighted by Crippen LogP contribution is 2.45. The number of rotatable bonds is 9. The molecular weight excluding hydrogens is 418 g/mol. The first kappa shape index (κ1) is 24.4. The maximum Gasteiger partial charge on any atom is 0.277 e. The van der Waals surface area contributed by atoms with Crippen LogP contribution in [0.3, 0.4) is 0 Å². The Balaban J connectivity index is 1.73. The first-order valence-electron chi connectivity index (χ1n) is 11.4. The van der Waals surface area contributed by atoms with Gasteiger partial charge in [0.25, 0.3) is 5.91 Å². The molecule has 33 heavy (non-hydrogen) atoms. The van der Waals surface area contributed by atoms with Crippen LogP contribution in [-0.4, -0.2) is 45.0 Å². The zero-order valence-electron chi connectivity index (χ0n) is 20.5. The molecule has 7 nitrogen and oxygen atoms in total. The summed E-state index contributed by atoms with van der Waals surface area (Å²) in [6.45, 7) is 9.88. The normalized spacial score (nSPS) is 16.9. The van der Waals surface area contributed by atoms with Crippen molar-refractivity contribution in [1.82, 2.24) is 5.43 Å². The SMILES string of the molecule is CCCN1c2cc(OC)c(/C=N/NC(=O)COc3ccccc3OC)cc2C(C)CC1(C)C. The van der Waals surface area contributed by atoms with Crippen LogP contribution in [0.15, 0.2) is 41.5 Å². The van der Waals surface area contributed by atoms with Gasteiger partial charge in [-0.25, -0.2) is 5.43 Å². The molecule has 1 amide bonds. The van der Waals surface area contributed by atoms with E-state index in [2.05, 4.69) is 55.3 Å². The second-order valence-corrected chi connectivity index (χ2v) is 8.95. The average molecular weight is 454 g/mol. The molecule has 0 aromatic heterocycles. The Hall–Kier alpha value is -3.22. The topological polar surface area (TPSA) is 72.4 Å². The number of nitrogens with zero attached hydrogens (tertiary/aromatic N) is 2. The van der Waals surface area contributed by atoms with Crippen LogP contribution < -0.4 is 24.5 Å². The number of para-hydroxylation sites is 2.